The zero-order valence-electron chi connectivity index (χ0n) is 10.1. The molecule has 0 amide bonds. The van der Waals surface area contributed by atoms with E-state index in [1.54, 1.807) is 0 Å². The molecule has 1 saturated carbocycles. The van der Waals surface area contributed by atoms with E-state index in [1.165, 1.54) is 32.1 Å². The van der Waals surface area contributed by atoms with Crippen molar-refractivity contribution >= 4 is 17.7 Å². The molecule has 0 radical (unpaired) electrons. The van der Waals surface area contributed by atoms with Crippen molar-refractivity contribution in [2.45, 2.75) is 49.2 Å². The van der Waals surface area contributed by atoms with Crippen molar-refractivity contribution in [1.29, 1.82) is 0 Å². The highest BCUT2D eigenvalue weighted by atomic mass is 32.2. The molecule has 0 saturated heterocycles. The lowest BCUT2D eigenvalue weighted by atomic mass is 10.0. The quantitative estimate of drug-likeness (QED) is 0.876. The van der Waals surface area contributed by atoms with Gasteiger partial charge in [-0.2, -0.15) is 0 Å². The SMILES string of the molecule is Cc1ccc(SC2CCCCC2)cc1C(=O)O. The second-order valence-electron chi connectivity index (χ2n) is 4.66. The molecular formula is C14H18O2S. The van der Waals surface area contributed by atoms with E-state index in [0.29, 0.717) is 10.8 Å². The van der Waals surface area contributed by atoms with Gasteiger partial charge in [0.25, 0.3) is 0 Å². The van der Waals surface area contributed by atoms with Crippen molar-refractivity contribution in [3.63, 3.8) is 0 Å². The molecule has 1 fully saturated rings. The van der Waals surface area contributed by atoms with Gasteiger partial charge in [-0.25, -0.2) is 4.79 Å². The van der Waals surface area contributed by atoms with Gasteiger partial charge in [-0.1, -0.05) is 25.3 Å². The van der Waals surface area contributed by atoms with E-state index in [1.807, 2.05) is 36.9 Å². The number of thioether (sulfide) groups is 1. The van der Waals surface area contributed by atoms with Crippen molar-refractivity contribution in [3.05, 3.63) is 29.3 Å². The molecule has 1 aliphatic carbocycles. The van der Waals surface area contributed by atoms with Crippen LogP contribution in [-0.2, 0) is 0 Å². The lowest BCUT2D eigenvalue weighted by molar-refractivity contribution is 0.0696. The number of hydrogen-bond acceptors (Lipinski definition) is 2. The first-order chi connectivity index (χ1) is 8.16. The molecule has 2 nitrogen and oxygen atoms in total. The van der Waals surface area contributed by atoms with Crippen molar-refractivity contribution in [3.8, 4) is 0 Å². The predicted octanol–water partition coefficient (Wildman–Crippen LogP) is 4.12. The third-order valence-corrected chi connectivity index (χ3v) is 4.63. The monoisotopic (exact) mass is 250 g/mol. The van der Waals surface area contributed by atoms with Crippen molar-refractivity contribution < 1.29 is 9.90 Å². The van der Waals surface area contributed by atoms with Crippen molar-refractivity contribution in [2.24, 2.45) is 0 Å². The molecule has 3 heteroatoms. The Hall–Kier alpha value is -0.960. The highest BCUT2D eigenvalue weighted by molar-refractivity contribution is 8.00. The summed E-state index contributed by atoms with van der Waals surface area (Å²) in [5.41, 5.74) is 1.27. The van der Waals surface area contributed by atoms with Crippen LogP contribution in [0.1, 0.15) is 48.0 Å². The Balaban J connectivity index is 2.10. The van der Waals surface area contributed by atoms with Crippen LogP contribution in [0.4, 0.5) is 0 Å². The normalized spacial score (nSPS) is 17.0. The van der Waals surface area contributed by atoms with E-state index >= 15 is 0 Å². The van der Waals surface area contributed by atoms with Gasteiger partial charge in [-0.05, 0) is 37.5 Å². The Kier molecular flexibility index (Phi) is 4.11. The van der Waals surface area contributed by atoms with Crippen molar-refractivity contribution in [1.82, 2.24) is 0 Å². The summed E-state index contributed by atoms with van der Waals surface area (Å²) >= 11 is 1.84. The summed E-state index contributed by atoms with van der Waals surface area (Å²) in [5, 5.41) is 9.76. The van der Waals surface area contributed by atoms with Gasteiger partial charge in [-0.3, -0.25) is 0 Å². The molecule has 1 aromatic rings. The standard InChI is InChI=1S/C14H18O2S/c1-10-7-8-12(9-13(10)14(15)16)17-11-5-3-2-4-6-11/h7-9,11H,2-6H2,1H3,(H,15,16). The Morgan fingerprint density at radius 2 is 2.00 bits per heavy atom. The molecule has 92 valence electrons. The number of carboxylic acids is 1. The number of hydrogen-bond donors (Lipinski definition) is 1. The topological polar surface area (TPSA) is 37.3 Å². The van der Waals surface area contributed by atoms with Gasteiger partial charge >= 0.3 is 5.97 Å². The van der Waals surface area contributed by atoms with E-state index in [9.17, 15) is 4.79 Å². The Morgan fingerprint density at radius 1 is 1.29 bits per heavy atom. The van der Waals surface area contributed by atoms with Crippen LogP contribution in [0.3, 0.4) is 0 Å². The number of carboxylic acid groups (broad SMARTS) is 1. The predicted molar refractivity (Wildman–Crippen MR) is 70.9 cm³/mol. The number of aromatic carboxylic acids is 1. The number of carbonyl (C=O) groups is 1. The molecule has 0 aromatic heterocycles. The van der Waals surface area contributed by atoms with E-state index in [0.717, 1.165) is 10.5 Å². The van der Waals surface area contributed by atoms with Crippen LogP contribution in [0, 0.1) is 6.92 Å². The average Bonchev–Trinajstić information content (AvgIpc) is 2.32. The second kappa shape index (κ2) is 5.58. The van der Waals surface area contributed by atoms with Crippen LogP contribution in [0.2, 0.25) is 0 Å². The van der Waals surface area contributed by atoms with Gasteiger partial charge in [0, 0.05) is 10.1 Å². The fourth-order valence-corrected chi connectivity index (χ4v) is 3.57. The molecule has 0 atom stereocenters. The zero-order chi connectivity index (χ0) is 12.3. The maximum atomic E-state index is 11.1. The lowest BCUT2D eigenvalue weighted by Crippen LogP contribution is -2.08. The van der Waals surface area contributed by atoms with Crippen LogP contribution < -0.4 is 0 Å². The average molecular weight is 250 g/mol. The maximum Gasteiger partial charge on any atom is 0.335 e. The van der Waals surface area contributed by atoms with E-state index in [4.69, 9.17) is 5.11 Å². The number of aryl methyl sites for hydroxylation is 1. The van der Waals surface area contributed by atoms with Crippen LogP contribution in [0.5, 0.6) is 0 Å². The van der Waals surface area contributed by atoms with Gasteiger partial charge in [0.05, 0.1) is 5.56 Å². The molecule has 0 heterocycles. The minimum atomic E-state index is -0.825. The minimum absolute atomic E-state index is 0.436. The second-order valence-corrected chi connectivity index (χ2v) is 6.03. The van der Waals surface area contributed by atoms with Crippen LogP contribution in [0.25, 0.3) is 0 Å². The van der Waals surface area contributed by atoms with Crippen LogP contribution >= 0.6 is 11.8 Å². The molecule has 1 aromatic carbocycles. The highest BCUT2D eigenvalue weighted by Gasteiger charge is 2.16. The minimum Gasteiger partial charge on any atom is -0.478 e. The maximum absolute atomic E-state index is 11.1. The molecule has 0 unspecified atom stereocenters. The van der Waals surface area contributed by atoms with E-state index in [-0.39, 0.29) is 0 Å². The van der Waals surface area contributed by atoms with Gasteiger partial charge < -0.3 is 5.11 Å². The van der Waals surface area contributed by atoms with Gasteiger partial charge in [0.2, 0.25) is 0 Å². The Morgan fingerprint density at radius 3 is 2.65 bits per heavy atom. The summed E-state index contributed by atoms with van der Waals surface area (Å²) in [5.74, 6) is -0.825. The molecule has 2 rings (SSSR count). The molecule has 1 aliphatic rings. The third-order valence-electron chi connectivity index (χ3n) is 3.29. The first kappa shape index (κ1) is 12.5. The van der Waals surface area contributed by atoms with Gasteiger partial charge in [0.15, 0.2) is 0 Å². The fourth-order valence-electron chi connectivity index (χ4n) is 2.28. The summed E-state index contributed by atoms with van der Waals surface area (Å²) in [6.45, 7) is 1.85. The first-order valence-electron chi connectivity index (χ1n) is 6.17. The van der Waals surface area contributed by atoms with E-state index in [2.05, 4.69) is 0 Å². The smallest absolute Gasteiger partial charge is 0.335 e. The molecule has 1 N–H and O–H groups in total. The Bertz CT molecular complexity index is 409. The first-order valence-corrected chi connectivity index (χ1v) is 7.05. The third kappa shape index (κ3) is 3.25. The molecule has 17 heavy (non-hydrogen) atoms. The van der Waals surface area contributed by atoms with Crippen LogP contribution in [-0.4, -0.2) is 16.3 Å². The Labute approximate surface area is 106 Å². The number of benzene rings is 1. The molecule has 0 aliphatic heterocycles. The van der Waals surface area contributed by atoms with E-state index < -0.39 is 5.97 Å². The summed E-state index contributed by atoms with van der Waals surface area (Å²) in [4.78, 5) is 12.2. The summed E-state index contributed by atoms with van der Waals surface area (Å²) in [6.07, 6.45) is 6.51. The summed E-state index contributed by atoms with van der Waals surface area (Å²) < 4.78 is 0. The van der Waals surface area contributed by atoms with Crippen LogP contribution in [0.15, 0.2) is 23.1 Å². The molecule has 0 bridgehead atoms. The number of rotatable bonds is 3. The highest BCUT2D eigenvalue weighted by Crippen LogP contribution is 2.34. The largest absolute Gasteiger partial charge is 0.478 e. The van der Waals surface area contributed by atoms with Gasteiger partial charge in [0.1, 0.15) is 0 Å². The summed E-state index contributed by atoms with van der Waals surface area (Å²) in [6, 6.07) is 5.77. The molecule has 0 spiro atoms. The zero-order valence-corrected chi connectivity index (χ0v) is 10.9. The molecular weight excluding hydrogens is 232 g/mol. The van der Waals surface area contributed by atoms with Gasteiger partial charge in [-0.15, -0.1) is 11.8 Å². The lowest BCUT2D eigenvalue weighted by Gasteiger charge is -2.21. The summed E-state index contributed by atoms with van der Waals surface area (Å²) in [7, 11) is 0. The fraction of sp³-hybridized carbons (Fsp3) is 0.500. The van der Waals surface area contributed by atoms with Crippen molar-refractivity contribution in [2.75, 3.05) is 0 Å².